The van der Waals surface area contributed by atoms with Gasteiger partial charge in [-0.15, -0.1) is 17.7 Å². The third-order valence-corrected chi connectivity index (χ3v) is 7.90. The monoisotopic (exact) mass is 771 g/mol. The van der Waals surface area contributed by atoms with E-state index in [0.29, 0.717) is 22.3 Å². The van der Waals surface area contributed by atoms with Crippen LogP contribution < -0.4 is 0 Å². The van der Waals surface area contributed by atoms with Gasteiger partial charge in [0.15, 0.2) is 0 Å². The van der Waals surface area contributed by atoms with Crippen molar-refractivity contribution >= 4 is 43.7 Å². The largest absolute Gasteiger partial charge is 2.00 e. The molecule has 6 aromatic carbocycles. The number of nitrogens with zero attached hydrogens (tertiary/aromatic N) is 3. The van der Waals surface area contributed by atoms with Crippen LogP contribution in [0, 0.1) is 65.9 Å². The smallest absolute Gasteiger partial charge is 0.510 e. The summed E-state index contributed by atoms with van der Waals surface area (Å²) in [5.74, 6) is 0. The normalized spacial score (nSPS) is 11.0. The van der Waals surface area contributed by atoms with Crippen LogP contribution in [0.1, 0.15) is 11.1 Å². The number of aromatic nitrogens is 1. The van der Waals surface area contributed by atoms with E-state index in [9.17, 15) is 10.5 Å². The van der Waals surface area contributed by atoms with Crippen LogP contribution in [0.2, 0.25) is 0 Å². The fraction of sp³-hybridized carbons (Fsp3) is 0. The summed E-state index contributed by atoms with van der Waals surface area (Å²) in [5.41, 5.74) is 8.97. The van der Waals surface area contributed by atoms with Crippen molar-refractivity contribution in [2.24, 2.45) is 0 Å². The zero-order valence-electron chi connectivity index (χ0n) is 22.7. The van der Waals surface area contributed by atoms with E-state index < -0.39 is 0 Å². The Morgan fingerprint density at radius 2 is 1.40 bits per heavy atom. The van der Waals surface area contributed by atoms with Crippen molar-refractivity contribution in [3.8, 4) is 40.1 Å². The molecular formula is C38H19N3OU. The average molecular weight is 772 g/mol. The summed E-state index contributed by atoms with van der Waals surface area (Å²) in [7, 11) is 0. The number of para-hydroxylation sites is 2. The van der Waals surface area contributed by atoms with Crippen molar-refractivity contribution in [2.45, 2.75) is 0 Å². The minimum absolute atomic E-state index is 0. The van der Waals surface area contributed by atoms with Gasteiger partial charge >= 0.3 is 31.1 Å². The molecule has 0 unspecified atom stereocenters. The van der Waals surface area contributed by atoms with Crippen molar-refractivity contribution < 1.29 is 35.5 Å². The third kappa shape index (κ3) is 4.18. The van der Waals surface area contributed by atoms with E-state index in [0.717, 1.165) is 60.5 Å². The van der Waals surface area contributed by atoms with E-state index in [2.05, 4.69) is 71.3 Å². The zero-order chi connectivity index (χ0) is 28.2. The quantitative estimate of drug-likeness (QED) is 0.168. The van der Waals surface area contributed by atoms with Crippen molar-refractivity contribution in [3.63, 3.8) is 0 Å². The maximum absolute atomic E-state index is 10.3. The number of hydrogen-bond acceptors (Lipinski definition) is 3. The van der Waals surface area contributed by atoms with Crippen LogP contribution in [0.15, 0.2) is 120 Å². The number of rotatable bonds is 3. The Morgan fingerprint density at radius 3 is 2.14 bits per heavy atom. The van der Waals surface area contributed by atoms with Gasteiger partial charge in [-0.05, 0) is 42.5 Å². The molecule has 0 saturated carbocycles. The second-order valence-corrected chi connectivity index (χ2v) is 10.2. The van der Waals surface area contributed by atoms with Gasteiger partial charge in [0.25, 0.3) is 0 Å². The molecule has 8 rings (SSSR count). The molecular weight excluding hydrogens is 752 g/mol. The summed E-state index contributed by atoms with van der Waals surface area (Å²) in [6.07, 6.45) is 0. The van der Waals surface area contributed by atoms with Gasteiger partial charge in [0.05, 0.1) is 40.0 Å². The van der Waals surface area contributed by atoms with E-state index >= 15 is 0 Å². The molecule has 2 heterocycles. The maximum atomic E-state index is 10.3. The minimum Gasteiger partial charge on any atom is -0.510 e. The summed E-state index contributed by atoms with van der Waals surface area (Å²) < 4.78 is 8.54. The number of fused-ring (bicyclic) bond motifs is 6. The molecule has 0 saturated heterocycles. The molecule has 0 N–H and O–H groups in total. The SMILES string of the molecule is N#Cc1ccc2oc3c(-c4[c-]ccc(-c5c(C#N)cccc5-n5c6ccccc6c6ccccc65)c4)[c-]ccc3c2c1.[U+2]. The van der Waals surface area contributed by atoms with Gasteiger partial charge in [-0.3, -0.25) is 0 Å². The van der Waals surface area contributed by atoms with E-state index in [1.165, 1.54) is 0 Å². The Balaban J connectivity index is 0.00000300. The third-order valence-electron chi connectivity index (χ3n) is 7.90. The fourth-order valence-electron chi connectivity index (χ4n) is 6.08. The van der Waals surface area contributed by atoms with Crippen LogP contribution in [0.25, 0.3) is 71.7 Å². The first-order valence-electron chi connectivity index (χ1n) is 13.6. The number of benzene rings is 6. The van der Waals surface area contributed by atoms with Crippen LogP contribution in [-0.2, 0) is 0 Å². The topological polar surface area (TPSA) is 65.7 Å². The van der Waals surface area contributed by atoms with E-state index in [1.807, 2.05) is 66.7 Å². The van der Waals surface area contributed by atoms with Crippen LogP contribution in [0.4, 0.5) is 0 Å². The Bertz CT molecular complexity index is 2400. The first-order valence-corrected chi connectivity index (χ1v) is 13.6. The Kier molecular flexibility index (Phi) is 6.65. The average Bonchev–Trinajstić information content (AvgIpc) is 3.60. The van der Waals surface area contributed by atoms with E-state index in [4.69, 9.17) is 4.42 Å². The summed E-state index contributed by atoms with van der Waals surface area (Å²) in [4.78, 5) is 0. The molecule has 43 heavy (non-hydrogen) atoms. The summed E-state index contributed by atoms with van der Waals surface area (Å²) in [6.45, 7) is 0. The second kappa shape index (κ2) is 10.7. The van der Waals surface area contributed by atoms with Crippen molar-refractivity contribution in [3.05, 3.63) is 139 Å². The maximum Gasteiger partial charge on any atom is 2.00 e. The van der Waals surface area contributed by atoms with Gasteiger partial charge < -0.3 is 8.98 Å². The van der Waals surface area contributed by atoms with Gasteiger partial charge in [0.1, 0.15) is 5.58 Å². The molecule has 0 aliphatic carbocycles. The van der Waals surface area contributed by atoms with Gasteiger partial charge in [0, 0.05) is 27.3 Å². The van der Waals surface area contributed by atoms with E-state index in [1.54, 1.807) is 6.07 Å². The van der Waals surface area contributed by atoms with Gasteiger partial charge in [-0.1, -0.05) is 47.9 Å². The molecule has 0 amide bonds. The Hall–Kier alpha value is -5.05. The van der Waals surface area contributed by atoms with Crippen LogP contribution in [-0.4, -0.2) is 4.57 Å². The molecule has 0 bridgehead atoms. The van der Waals surface area contributed by atoms with Gasteiger partial charge in [-0.25, -0.2) is 5.56 Å². The zero-order valence-corrected chi connectivity index (χ0v) is 26.9. The summed E-state index contributed by atoms with van der Waals surface area (Å²) in [6, 6.07) is 49.2. The molecule has 0 fully saturated rings. The molecule has 0 atom stereocenters. The number of hydrogen-bond donors (Lipinski definition) is 0. The molecule has 4 nitrogen and oxygen atoms in total. The van der Waals surface area contributed by atoms with Crippen molar-refractivity contribution in [1.82, 2.24) is 4.57 Å². The van der Waals surface area contributed by atoms with Gasteiger partial charge in [-0.2, -0.15) is 46.4 Å². The second-order valence-electron chi connectivity index (χ2n) is 10.2. The first-order chi connectivity index (χ1) is 20.7. The van der Waals surface area contributed by atoms with Gasteiger partial charge in [0.2, 0.25) is 0 Å². The Labute approximate surface area is 271 Å². The van der Waals surface area contributed by atoms with Crippen molar-refractivity contribution in [2.75, 3.05) is 0 Å². The molecule has 2 aromatic heterocycles. The first kappa shape index (κ1) is 26.8. The standard InChI is InChI=1S/C38H19N3O.U/c39-22-24-18-19-36-32(20-24)31-14-7-13-28(38(31)42-36)25-8-5-9-26(21-25)37-27(23-40)10-6-17-35(37)41-33-15-3-1-11-29(33)30-12-2-4-16-34(30)41;/h1-7,9-12,14-21H;/q-2;+2. The molecule has 0 aliphatic rings. The fourth-order valence-corrected chi connectivity index (χ4v) is 6.08. The molecule has 0 radical (unpaired) electrons. The number of furan rings is 1. The van der Waals surface area contributed by atoms with Crippen LogP contribution in [0.5, 0.6) is 0 Å². The predicted octanol–water partition coefficient (Wildman–Crippen LogP) is 9.36. The summed E-state index contributed by atoms with van der Waals surface area (Å²) in [5, 5.41) is 23.8. The summed E-state index contributed by atoms with van der Waals surface area (Å²) >= 11 is 0. The molecule has 0 aliphatic heterocycles. The van der Waals surface area contributed by atoms with Crippen molar-refractivity contribution in [1.29, 1.82) is 10.5 Å². The molecule has 0 spiro atoms. The molecule has 8 aromatic rings. The van der Waals surface area contributed by atoms with Crippen LogP contribution >= 0.6 is 0 Å². The Morgan fingerprint density at radius 1 is 0.651 bits per heavy atom. The molecule has 5 heteroatoms. The minimum atomic E-state index is 0. The molecule has 196 valence electrons. The predicted molar refractivity (Wildman–Crippen MR) is 166 cm³/mol. The van der Waals surface area contributed by atoms with Crippen LogP contribution in [0.3, 0.4) is 0 Å². The number of nitriles is 2. The van der Waals surface area contributed by atoms with E-state index in [-0.39, 0.29) is 31.1 Å².